The van der Waals surface area contributed by atoms with Gasteiger partial charge in [-0.1, -0.05) is 30.7 Å². The summed E-state index contributed by atoms with van der Waals surface area (Å²) in [5, 5.41) is 20.9. The average Bonchev–Trinajstić information content (AvgIpc) is 3.44. The van der Waals surface area contributed by atoms with E-state index in [2.05, 4.69) is 24.0 Å². The summed E-state index contributed by atoms with van der Waals surface area (Å²) in [7, 11) is 0. The minimum Gasteiger partial charge on any atom is -0.392 e. The van der Waals surface area contributed by atoms with Crippen LogP contribution in [-0.2, 0) is 4.79 Å². The first-order chi connectivity index (χ1) is 14.5. The van der Waals surface area contributed by atoms with Gasteiger partial charge >= 0.3 is 0 Å². The molecule has 2 saturated carbocycles. The van der Waals surface area contributed by atoms with Gasteiger partial charge in [0.25, 0.3) is 0 Å². The van der Waals surface area contributed by atoms with Crippen molar-refractivity contribution >= 4 is 5.91 Å². The molecule has 0 aromatic carbocycles. The van der Waals surface area contributed by atoms with Gasteiger partial charge in [-0.25, -0.2) is 0 Å². The number of likely N-dealkylation sites (tertiary alicyclic amines) is 1. The van der Waals surface area contributed by atoms with Gasteiger partial charge in [0, 0.05) is 31.8 Å². The van der Waals surface area contributed by atoms with Gasteiger partial charge in [0.1, 0.15) is 0 Å². The number of hydrogen-bond donors (Lipinski definition) is 2. The van der Waals surface area contributed by atoms with E-state index in [1.165, 1.54) is 5.57 Å². The number of unbranched alkanes of at least 4 members (excludes halogenated alkanes) is 1. The molecule has 3 rings (SSSR count). The van der Waals surface area contributed by atoms with Crippen molar-refractivity contribution in [3.8, 4) is 11.8 Å². The molecule has 0 radical (unpaired) electrons. The largest absolute Gasteiger partial charge is 0.392 e. The Morgan fingerprint density at radius 1 is 1.30 bits per heavy atom. The first kappa shape index (κ1) is 23.1. The van der Waals surface area contributed by atoms with Crippen LogP contribution in [0.2, 0.25) is 0 Å². The molecule has 6 atom stereocenters. The van der Waals surface area contributed by atoms with Gasteiger partial charge in [0.2, 0.25) is 5.91 Å². The molecular formula is C26H39NO3. The van der Waals surface area contributed by atoms with E-state index in [0.717, 1.165) is 58.0 Å². The van der Waals surface area contributed by atoms with Gasteiger partial charge in [0.15, 0.2) is 0 Å². The van der Waals surface area contributed by atoms with Crippen molar-refractivity contribution in [2.24, 2.45) is 23.7 Å². The van der Waals surface area contributed by atoms with E-state index in [1.54, 1.807) is 0 Å². The number of amides is 1. The van der Waals surface area contributed by atoms with E-state index >= 15 is 0 Å². The number of fused-ring (bicyclic) bond motifs is 1. The molecule has 4 nitrogen and oxygen atoms in total. The van der Waals surface area contributed by atoms with Crippen molar-refractivity contribution in [3.05, 3.63) is 23.8 Å². The Labute approximate surface area is 182 Å². The van der Waals surface area contributed by atoms with Crippen LogP contribution < -0.4 is 0 Å². The summed E-state index contributed by atoms with van der Waals surface area (Å²) in [5.41, 5.74) is 1.50. The highest BCUT2D eigenvalue weighted by atomic mass is 16.3. The van der Waals surface area contributed by atoms with Crippen LogP contribution in [0.1, 0.15) is 71.6 Å². The van der Waals surface area contributed by atoms with E-state index in [1.807, 2.05) is 24.8 Å². The number of nitrogens with zero attached hydrogens (tertiary/aromatic N) is 1. The SMILES string of the molecule is CC#CC[C@@H](C)[C@@H](O)/C=C/[C@@H]1[C@H]2CC(=CCCCC(=O)N3CCCC3)C[C@H]2C[C@H]1O. The summed E-state index contributed by atoms with van der Waals surface area (Å²) in [6, 6.07) is 0. The first-order valence-electron chi connectivity index (χ1n) is 11.9. The van der Waals surface area contributed by atoms with E-state index in [-0.39, 0.29) is 17.9 Å². The second-order valence-corrected chi connectivity index (χ2v) is 9.54. The maximum absolute atomic E-state index is 12.2. The number of aliphatic hydroxyl groups excluding tert-OH is 2. The van der Waals surface area contributed by atoms with Gasteiger partial charge in [-0.3, -0.25) is 4.79 Å². The number of aliphatic hydroxyl groups is 2. The fourth-order valence-corrected chi connectivity index (χ4v) is 5.44. The third-order valence-electron chi connectivity index (χ3n) is 7.31. The zero-order valence-corrected chi connectivity index (χ0v) is 18.7. The van der Waals surface area contributed by atoms with Crippen LogP contribution in [-0.4, -0.2) is 46.3 Å². The predicted molar refractivity (Wildman–Crippen MR) is 120 cm³/mol. The van der Waals surface area contributed by atoms with E-state index in [9.17, 15) is 15.0 Å². The van der Waals surface area contributed by atoms with Crippen LogP contribution in [0.5, 0.6) is 0 Å². The maximum atomic E-state index is 12.2. The number of carbonyl (C=O) groups excluding carboxylic acids is 1. The number of rotatable bonds is 8. The smallest absolute Gasteiger partial charge is 0.222 e. The van der Waals surface area contributed by atoms with Crippen LogP contribution in [0.3, 0.4) is 0 Å². The van der Waals surface area contributed by atoms with E-state index in [4.69, 9.17) is 0 Å². The van der Waals surface area contributed by atoms with Gasteiger partial charge in [-0.05, 0) is 69.6 Å². The zero-order chi connectivity index (χ0) is 21.5. The van der Waals surface area contributed by atoms with Crippen molar-refractivity contribution in [2.75, 3.05) is 13.1 Å². The van der Waals surface area contributed by atoms with Crippen molar-refractivity contribution in [3.63, 3.8) is 0 Å². The summed E-state index contributed by atoms with van der Waals surface area (Å²) < 4.78 is 0. The number of hydrogen-bond acceptors (Lipinski definition) is 3. The lowest BCUT2D eigenvalue weighted by atomic mass is 9.89. The van der Waals surface area contributed by atoms with Gasteiger partial charge in [-0.2, -0.15) is 0 Å². The molecule has 1 heterocycles. The molecule has 1 saturated heterocycles. The Balaban J connectivity index is 1.46. The van der Waals surface area contributed by atoms with E-state index < -0.39 is 6.10 Å². The Morgan fingerprint density at radius 2 is 2.07 bits per heavy atom. The molecule has 0 unspecified atom stereocenters. The Morgan fingerprint density at radius 3 is 2.80 bits per heavy atom. The molecular weight excluding hydrogens is 374 g/mol. The fourth-order valence-electron chi connectivity index (χ4n) is 5.44. The minimum absolute atomic E-state index is 0.102. The van der Waals surface area contributed by atoms with Gasteiger partial charge < -0.3 is 15.1 Å². The Hall–Kier alpha value is -1.57. The third-order valence-corrected chi connectivity index (χ3v) is 7.31. The number of allylic oxidation sites excluding steroid dienone is 2. The molecule has 0 spiro atoms. The van der Waals surface area contributed by atoms with Gasteiger partial charge in [0.05, 0.1) is 12.2 Å². The van der Waals surface area contributed by atoms with Crippen molar-refractivity contribution < 1.29 is 15.0 Å². The summed E-state index contributed by atoms with van der Waals surface area (Å²) in [5.74, 6) is 7.50. The molecule has 0 bridgehead atoms. The van der Waals surface area contributed by atoms with Crippen molar-refractivity contribution in [1.82, 2.24) is 4.90 Å². The second-order valence-electron chi connectivity index (χ2n) is 9.54. The van der Waals surface area contributed by atoms with Crippen LogP contribution in [0.25, 0.3) is 0 Å². The monoisotopic (exact) mass is 413 g/mol. The molecule has 166 valence electrons. The van der Waals surface area contributed by atoms with Crippen LogP contribution >= 0.6 is 0 Å². The maximum Gasteiger partial charge on any atom is 0.222 e. The standard InChI is InChI=1S/C26H39NO3/c1-3-4-9-19(2)24(28)13-12-22-23-17-20(16-21(23)18-25(22)29)10-5-6-11-26(30)27-14-7-8-15-27/h10,12-13,19,21-25,28-29H,5-9,11,14-18H2,1-2H3/b13-12+,20-10?/t19-,21+,22-,23+,24+,25-/m1/s1. The van der Waals surface area contributed by atoms with Crippen molar-refractivity contribution in [1.29, 1.82) is 0 Å². The Kier molecular flexibility index (Phi) is 8.60. The average molecular weight is 414 g/mol. The van der Waals surface area contributed by atoms with Crippen LogP contribution in [0.15, 0.2) is 23.8 Å². The lowest BCUT2D eigenvalue weighted by Crippen LogP contribution is -2.27. The molecule has 0 aromatic rings. The summed E-state index contributed by atoms with van der Waals surface area (Å²) in [4.78, 5) is 14.2. The lowest BCUT2D eigenvalue weighted by molar-refractivity contribution is -0.130. The quantitative estimate of drug-likeness (QED) is 0.358. The predicted octanol–water partition coefficient (Wildman–Crippen LogP) is 4.08. The fraction of sp³-hybridized carbons (Fsp3) is 0.731. The van der Waals surface area contributed by atoms with Crippen molar-refractivity contribution in [2.45, 2.75) is 83.8 Å². The third kappa shape index (κ3) is 5.99. The normalized spacial score (nSPS) is 31.7. The molecule has 0 aromatic heterocycles. The summed E-state index contributed by atoms with van der Waals surface area (Å²) in [6.45, 7) is 5.72. The second kappa shape index (κ2) is 11.2. The molecule has 30 heavy (non-hydrogen) atoms. The van der Waals surface area contributed by atoms with Gasteiger partial charge in [-0.15, -0.1) is 11.8 Å². The number of carbonyl (C=O) groups is 1. The zero-order valence-electron chi connectivity index (χ0n) is 18.7. The molecule has 3 aliphatic rings. The highest BCUT2D eigenvalue weighted by molar-refractivity contribution is 5.76. The topological polar surface area (TPSA) is 60.8 Å². The molecule has 3 fully saturated rings. The molecule has 1 aliphatic heterocycles. The van der Waals surface area contributed by atoms with Crippen LogP contribution in [0.4, 0.5) is 0 Å². The molecule has 1 amide bonds. The summed E-state index contributed by atoms with van der Waals surface area (Å²) >= 11 is 0. The van der Waals surface area contributed by atoms with E-state index in [0.29, 0.717) is 30.6 Å². The molecule has 2 aliphatic carbocycles. The van der Waals surface area contributed by atoms with Crippen LogP contribution in [0, 0.1) is 35.5 Å². The minimum atomic E-state index is -0.512. The summed E-state index contributed by atoms with van der Waals surface area (Å²) in [6.07, 6.45) is 14.0. The molecule has 2 N–H and O–H groups in total. The lowest BCUT2D eigenvalue weighted by Gasteiger charge is -2.19. The molecule has 4 heteroatoms. The highest BCUT2D eigenvalue weighted by Crippen LogP contribution is 2.50. The highest BCUT2D eigenvalue weighted by Gasteiger charge is 2.45. The Bertz CT molecular complexity index is 695. The first-order valence-corrected chi connectivity index (χ1v) is 11.9.